The van der Waals surface area contributed by atoms with Crippen molar-refractivity contribution in [2.75, 3.05) is 26.3 Å². The van der Waals surface area contributed by atoms with E-state index in [2.05, 4.69) is 17.2 Å². The summed E-state index contributed by atoms with van der Waals surface area (Å²) < 4.78 is 28.2. The molecule has 6 heteroatoms. The lowest BCUT2D eigenvalue weighted by atomic mass is 10.2. The first-order chi connectivity index (χ1) is 7.72. The van der Waals surface area contributed by atoms with E-state index in [9.17, 15) is 8.78 Å². The topological polar surface area (TPSA) is 33.6 Å². The molecule has 0 fully saturated rings. The second kappa shape index (κ2) is 7.84. The van der Waals surface area contributed by atoms with Crippen LogP contribution in [-0.4, -0.2) is 43.1 Å². The Morgan fingerprint density at radius 2 is 2.44 bits per heavy atom. The van der Waals surface area contributed by atoms with E-state index in [1.54, 1.807) is 11.8 Å². The van der Waals surface area contributed by atoms with Crippen molar-refractivity contribution in [1.29, 1.82) is 0 Å². The summed E-state index contributed by atoms with van der Waals surface area (Å²) in [4.78, 5) is 4.33. The summed E-state index contributed by atoms with van der Waals surface area (Å²) in [6, 6.07) is 0. The van der Waals surface area contributed by atoms with E-state index in [0.717, 1.165) is 18.1 Å². The lowest BCUT2D eigenvalue weighted by Crippen LogP contribution is -2.25. The molecule has 0 saturated carbocycles. The van der Waals surface area contributed by atoms with Gasteiger partial charge in [-0.1, -0.05) is 25.1 Å². The molecule has 1 aliphatic rings. The maximum Gasteiger partial charge on any atom is 0.261 e. The van der Waals surface area contributed by atoms with Crippen LogP contribution < -0.4 is 5.32 Å². The molecule has 0 spiro atoms. The summed E-state index contributed by atoms with van der Waals surface area (Å²) in [6.07, 6.45) is -0.0498. The molecule has 0 aromatic carbocycles. The molecular formula is C10H18F2N2OS. The molecule has 0 aromatic heterocycles. The molecule has 0 amide bonds. The third-order valence-electron chi connectivity index (χ3n) is 2.09. The van der Waals surface area contributed by atoms with E-state index in [-0.39, 0.29) is 0 Å². The fourth-order valence-corrected chi connectivity index (χ4v) is 2.54. The smallest absolute Gasteiger partial charge is 0.261 e. The van der Waals surface area contributed by atoms with Crippen molar-refractivity contribution >= 4 is 16.9 Å². The van der Waals surface area contributed by atoms with Crippen LogP contribution >= 0.6 is 11.8 Å². The van der Waals surface area contributed by atoms with Gasteiger partial charge in [0.05, 0.1) is 13.2 Å². The maximum absolute atomic E-state index is 11.7. The number of thioether (sulfide) groups is 1. The number of ether oxygens (including phenoxy) is 1. The van der Waals surface area contributed by atoms with Crippen molar-refractivity contribution in [3.8, 4) is 0 Å². The summed E-state index contributed by atoms with van der Waals surface area (Å²) in [5, 5.41) is 4.58. The zero-order valence-electron chi connectivity index (χ0n) is 9.42. The molecule has 16 heavy (non-hydrogen) atoms. The molecule has 0 radical (unpaired) electrons. The Bertz CT molecular complexity index is 227. The molecule has 94 valence electrons. The van der Waals surface area contributed by atoms with Crippen LogP contribution in [0.15, 0.2) is 4.99 Å². The number of nitrogens with zero attached hydrogens (tertiary/aromatic N) is 1. The number of halogens is 2. The number of amidine groups is 1. The molecule has 0 saturated heterocycles. The van der Waals surface area contributed by atoms with Gasteiger partial charge in [-0.3, -0.25) is 4.99 Å². The van der Waals surface area contributed by atoms with Gasteiger partial charge in [0, 0.05) is 11.8 Å². The van der Waals surface area contributed by atoms with Crippen molar-refractivity contribution in [1.82, 2.24) is 5.32 Å². The molecule has 1 aliphatic heterocycles. The summed E-state index contributed by atoms with van der Waals surface area (Å²) in [5.41, 5.74) is 0. The maximum atomic E-state index is 11.7. The Morgan fingerprint density at radius 1 is 1.62 bits per heavy atom. The van der Waals surface area contributed by atoms with Gasteiger partial charge in [0.15, 0.2) is 5.17 Å². The van der Waals surface area contributed by atoms with Crippen LogP contribution in [0, 0.1) is 0 Å². The van der Waals surface area contributed by atoms with Crippen molar-refractivity contribution in [2.24, 2.45) is 4.99 Å². The molecule has 1 atom stereocenters. The minimum absolute atomic E-state index is 0.294. The minimum Gasteiger partial charge on any atom is -0.374 e. The van der Waals surface area contributed by atoms with Crippen LogP contribution in [0.25, 0.3) is 0 Å². The zero-order chi connectivity index (χ0) is 11.8. The SMILES string of the molecule is CCCC1CN=C(NCCOCC(F)F)S1. The van der Waals surface area contributed by atoms with Gasteiger partial charge < -0.3 is 10.1 Å². The Kier molecular flexibility index (Phi) is 6.71. The van der Waals surface area contributed by atoms with Gasteiger partial charge in [-0.25, -0.2) is 8.78 Å². The normalized spacial score (nSPS) is 20.2. The first-order valence-electron chi connectivity index (χ1n) is 5.53. The fourth-order valence-electron chi connectivity index (χ4n) is 1.39. The fraction of sp³-hybridized carbons (Fsp3) is 0.900. The van der Waals surface area contributed by atoms with Gasteiger partial charge in [0.2, 0.25) is 0 Å². The van der Waals surface area contributed by atoms with E-state index < -0.39 is 13.0 Å². The second-order valence-electron chi connectivity index (χ2n) is 3.57. The molecular weight excluding hydrogens is 234 g/mol. The summed E-state index contributed by atoms with van der Waals surface area (Å²) in [7, 11) is 0. The number of alkyl halides is 2. The highest BCUT2D eigenvalue weighted by Gasteiger charge is 2.17. The summed E-state index contributed by atoms with van der Waals surface area (Å²) in [5.74, 6) is 0. The monoisotopic (exact) mass is 252 g/mol. The van der Waals surface area contributed by atoms with E-state index in [0.29, 0.717) is 18.4 Å². The van der Waals surface area contributed by atoms with Crippen LogP contribution in [-0.2, 0) is 4.74 Å². The Balaban J connectivity index is 1.98. The molecule has 1 heterocycles. The van der Waals surface area contributed by atoms with Crippen LogP contribution in [0.4, 0.5) is 8.78 Å². The number of hydrogen-bond acceptors (Lipinski definition) is 4. The predicted molar refractivity (Wildman–Crippen MR) is 63.4 cm³/mol. The Morgan fingerprint density at radius 3 is 3.12 bits per heavy atom. The Hall–Kier alpha value is -0.360. The number of nitrogens with one attached hydrogen (secondary N) is 1. The van der Waals surface area contributed by atoms with Crippen molar-refractivity contribution < 1.29 is 13.5 Å². The largest absolute Gasteiger partial charge is 0.374 e. The first-order valence-corrected chi connectivity index (χ1v) is 6.41. The first kappa shape index (κ1) is 13.7. The average Bonchev–Trinajstić information content (AvgIpc) is 2.65. The minimum atomic E-state index is -2.38. The van der Waals surface area contributed by atoms with Gasteiger partial charge in [-0.05, 0) is 6.42 Å². The number of rotatable bonds is 7. The molecule has 3 nitrogen and oxygen atoms in total. The van der Waals surface area contributed by atoms with E-state index in [1.165, 1.54) is 6.42 Å². The van der Waals surface area contributed by atoms with Crippen molar-refractivity contribution in [3.63, 3.8) is 0 Å². The lowest BCUT2D eigenvalue weighted by molar-refractivity contribution is 0.0197. The van der Waals surface area contributed by atoms with Gasteiger partial charge in [-0.15, -0.1) is 0 Å². The third kappa shape index (κ3) is 5.65. The van der Waals surface area contributed by atoms with Crippen LogP contribution in [0.1, 0.15) is 19.8 Å². The molecule has 1 unspecified atom stereocenters. The van der Waals surface area contributed by atoms with E-state index in [4.69, 9.17) is 4.74 Å². The molecule has 0 aliphatic carbocycles. The highest BCUT2D eigenvalue weighted by Crippen LogP contribution is 2.23. The summed E-state index contributed by atoms with van der Waals surface area (Å²) in [6.45, 7) is 3.36. The molecule has 1 N–H and O–H groups in total. The third-order valence-corrected chi connectivity index (χ3v) is 3.31. The van der Waals surface area contributed by atoms with Crippen molar-refractivity contribution in [3.05, 3.63) is 0 Å². The standard InChI is InChI=1S/C10H18F2N2OS/c1-2-3-8-6-14-10(16-8)13-4-5-15-7-9(11)12/h8-9H,2-7H2,1H3,(H,13,14). The van der Waals surface area contributed by atoms with E-state index >= 15 is 0 Å². The van der Waals surface area contributed by atoms with Crippen molar-refractivity contribution in [2.45, 2.75) is 31.4 Å². The quantitative estimate of drug-likeness (QED) is 0.705. The second-order valence-corrected chi connectivity index (χ2v) is 4.86. The number of aliphatic imine (C=N–C) groups is 1. The predicted octanol–water partition coefficient (Wildman–Crippen LogP) is 2.13. The van der Waals surface area contributed by atoms with Gasteiger partial charge >= 0.3 is 0 Å². The number of hydrogen-bond donors (Lipinski definition) is 1. The van der Waals surface area contributed by atoms with E-state index in [1.807, 2.05) is 0 Å². The average molecular weight is 252 g/mol. The highest BCUT2D eigenvalue weighted by atomic mass is 32.2. The lowest BCUT2D eigenvalue weighted by Gasteiger charge is -2.08. The van der Waals surface area contributed by atoms with Crippen LogP contribution in [0.2, 0.25) is 0 Å². The van der Waals surface area contributed by atoms with Crippen LogP contribution in [0.5, 0.6) is 0 Å². The molecule has 0 aromatic rings. The molecule has 0 bridgehead atoms. The molecule has 1 rings (SSSR count). The van der Waals surface area contributed by atoms with Gasteiger partial charge in [0.1, 0.15) is 6.61 Å². The summed E-state index contributed by atoms with van der Waals surface area (Å²) >= 11 is 1.73. The van der Waals surface area contributed by atoms with Gasteiger partial charge in [0.25, 0.3) is 6.43 Å². The highest BCUT2D eigenvalue weighted by molar-refractivity contribution is 8.14. The van der Waals surface area contributed by atoms with Crippen LogP contribution in [0.3, 0.4) is 0 Å². The zero-order valence-corrected chi connectivity index (χ0v) is 10.2. The van der Waals surface area contributed by atoms with Gasteiger partial charge in [-0.2, -0.15) is 0 Å². The Labute approximate surface area is 99.0 Å².